The lowest BCUT2D eigenvalue weighted by atomic mass is 10.1. The zero-order chi connectivity index (χ0) is 14.7. The molecule has 0 spiro atoms. The van der Waals surface area contributed by atoms with Gasteiger partial charge < -0.3 is 15.4 Å². The van der Waals surface area contributed by atoms with Crippen LogP contribution in [0, 0.1) is 0 Å². The van der Waals surface area contributed by atoms with Crippen LogP contribution < -0.4 is 15.4 Å². The Kier molecular flexibility index (Phi) is 4.01. The summed E-state index contributed by atoms with van der Waals surface area (Å²) in [6.45, 7) is 6.64. The second kappa shape index (κ2) is 6.10. The number of ether oxygens (including phenoxy) is 1. The van der Waals surface area contributed by atoms with Crippen LogP contribution in [0.2, 0.25) is 0 Å². The Hall–Kier alpha value is -2.14. The fourth-order valence-electron chi connectivity index (χ4n) is 2.39. The van der Waals surface area contributed by atoms with Crippen LogP contribution in [0.1, 0.15) is 30.5 Å². The summed E-state index contributed by atoms with van der Waals surface area (Å²) in [5.41, 5.74) is 4.04. The highest BCUT2D eigenvalue weighted by molar-refractivity contribution is 5.40. The summed E-state index contributed by atoms with van der Waals surface area (Å²) in [5.74, 6) is 1.37. The van der Waals surface area contributed by atoms with Crippen molar-refractivity contribution in [3.8, 4) is 5.88 Å². The largest absolute Gasteiger partial charge is 0.475 e. The van der Waals surface area contributed by atoms with Crippen LogP contribution in [0.4, 0.5) is 5.82 Å². The number of nitrogens with one attached hydrogen (secondary N) is 2. The molecule has 0 radical (unpaired) electrons. The molecule has 1 aliphatic rings. The van der Waals surface area contributed by atoms with E-state index in [0.29, 0.717) is 5.88 Å². The van der Waals surface area contributed by atoms with Crippen LogP contribution in [0.15, 0.2) is 30.6 Å². The molecule has 0 saturated heterocycles. The zero-order valence-corrected chi connectivity index (χ0v) is 12.4. The number of nitrogens with zero attached hydrogens (tertiary/aromatic N) is 2. The summed E-state index contributed by atoms with van der Waals surface area (Å²) in [5, 5.41) is 6.67. The van der Waals surface area contributed by atoms with Crippen LogP contribution in [-0.2, 0) is 19.6 Å². The molecule has 3 rings (SSSR count). The van der Waals surface area contributed by atoms with Gasteiger partial charge in [-0.25, -0.2) is 9.97 Å². The molecule has 110 valence electrons. The van der Waals surface area contributed by atoms with E-state index in [0.717, 1.165) is 25.5 Å². The lowest BCUT2D eigenvalue weighted by molar-refractivity contribution is 0.232. The highest BCUT2D eigenvalue weighted by Crippen LogP contribution is 2.18. The third-order valence-electron chi connectivity index (χ3n) is 3.37. The average molecular weight is 284 g/mol. The van der Waals surface area contributed by atoms with E-state index in [9.17, 15) is 0 Å². The molecule has 5 nitrogen and oxygen atoms in total. The van der Waals surface area contributed by atoms with Gasteiger partial charge in [-0.1, -0.05) is 18.2 Å². The van der Waals surface area contributed by atoms with Gasteiger partial charge in [0.25, 0.3) is 0 Å². The fraction of sp³-hybridized carbons (Fsp3) is 0.375. The van der Waals surface area contributed by atoms with Gasteiger partial charge in [-0.2, -0.15) is 0 Å². The minimum absolute atomic E-state index is 0.108. The number of benzene rings is 1. The summed E-state index contributed by atoms with van der Waals surface area (Å²) in [4.78, 5) is 8.32. The Labute approximate surface area is 124 Å². The number of hydrogen-bond acceptors (Lipinski definition) is 5. The first-order valence-corrected chi connectivity index (χ1v) is 7.24. The molecule has 1 aromatic heterocycles. The van der Waals surface area contributed by atoms with Crippen LogP contribution in [0.3, 0.4) is 0 Å². The molecule has 2 N–H and O–H groups in total. The molecular weight excluding hydrogens is 264 g/mol. The predicted molar refractivity (Wildman–Crippen MR) is 82.1 cm³/mol. The topological polar surface area (TPSA) is 59.1 Å². The minimum Gasteiger partial charge on any atom is -0.475 e. The van der Waals surface area contributed by atoms with E-state index in [4.69, 9.17) is 4.74 Å². The molecule has 1 aliphatic heterocycles. The Morgan fingerprint density at radius 1 is 1.19 bits per heavy atom. The molecule has 0 amide bonds. The maximum absolute atomic E-state index is 5.57. The van der Waals surface area contributed by atoms with Crippen LogP contribution in [0.25, 0.3) is 0 Å². The second-order valence-electron chi connectivity index (χ2n) is 5.47. The monoisotopic (exact) mass is 284 g/mol. The van der Waals surface area contributed by atoms with Gasteiger partial charge in [0.15, 0.2) is 0 Å². The lowest BCUT2D eigenvalue weighted by Gasteiger charge is -2.10. The Bertz CT molecular complexity index is 627. The highest BCUT2D eigenvalue weighted by Gasteiger charge is 2.10. The van der Waals surface area contributed by atoms with Crippen molar-refractivity contribution >= 4 is 5.82 Å². The number of hydrogen-bond donors (Lipinski definition) is 2. The van der Waals surface area contributed by atoms with E-state index in [1.165, 1.54) is 23.0 Å². The normalized spacial score (nSPS) is 13.3. The average Bonchev–Trinajstić information content (AvgIpc) is 2.92. The maximum atomic E-state index is 5.57. The van der Waals surface area contributed by atoms with Crippen LogP contribution in [-0.4, -0.2) is 16.1 Å². The van der Waals surface area contributed by atoms with Gasteiger partial charge >= 0.3 is 0 Å². The number of rotatable bonds is 5. The van der Waals surface area contributed by atoms with Gasteiger partial charge in [0, 0.05) is 25.7 Å². The summed E-state index contributed by atoms with van der Waals surface area (Å²) in [6.07, 6.45) is 1.63. The maximum Gasteiger partial charge on any atom is 0.218 e. The SMILES string of the molecule is CC(C)Oc1cc(NCc2ccc3c(c2)CNC3)ncn1. The fourth-order valence-corrected chi connectivity index (χ4v) is 2.39. The van der Waals surface area contributed by atoms with Crippen molar-refractivity contribution in [1.82, 2.24) is 15.3 Å². The molecule has 2 aromatic rings. The lowest BCUT2D eigenvalue weighted by Crippen LogP contribution is -2.08. The highest BCUT2D eigenvalue weighted by atomic mass is 16.5. The third kappa shape index (κ3) is 3.49. The molecule has 5 heteroatoms. The van der Waals surface area contributed by atoms with E-state index < -0.39 is 0 Å². The predicted octanol–water partition coefficient (Wildman–Crippen LogP) is 2.48. The van der Waals surface area contributed by atoms with Crippen molar-refractivity contribution in [1.29, 1.82) is 0 Å². The summed E-state index contributed by atoms with van der Waals surface area (Å²) >= 11 is 0. The second-order valence-corrected chi connectivity index (χ2v) is 5.47. The van der Waals surface area contributed by atoms with Gasteiger partial charge in [-0.05, 0) is 30.5 Å². The summed E-state index contributed by atoms with van der Waals surface area (Å²) < 4.78 is 5.57. The third-order valence-corrected chi connectivity index (χ3v) is 3.37. The van der Waals surface area contributed by atoms with Gasteiger partial charge in [0.1, 0.15) is 12.1 Å². The first-order chi connectivity index (χ1) is 10.2. The molecule has 21 heavy (non-hydrogen) atoms. The van der Waals surface area contributed by atoms with Gasteiger partial charge in [-0.15, -0.1) is 0 Å². The first-order valence-electron chi connectivity index (χ1n) is 7.24. The van der Waals surface area contributed by atoms with Crippen molar-refractivity contribution in [3.05, 3.63) is 47.3 Å². The van der Waals surface area contributed by atoms with Gasteiger partial charge in [-0.3, -0.25) is 0 Å². The Morgan fingerprint density at radius 2 is 2.05 bits per heavy atom. The van der Waals surface area contributed by atoms with Crippen molar-refractivity contribution < 1.29 is 4.74 Å². The van der Waals surface area contributed by atoms with E-state index >= 15 is 0 Å². The smallest absolute Gasteiger partial charge is 0.218 e. The van der Waals surface area contributed by atoms with Crippen molar-refractivity contribution in [2.45, 2.75) is 39.6 Å². The Balaban J connectivity index is 1.64. The Morgan fingerprint density at radius 3 is 2.90 bits per heavy atom. The molecule has 0 saturated carbocycles. The molecule has 0 aliphatic carbocycles. The molecular formula is C16H20N4O. The van der Waals surface area contributed by atoms with Gasteiger partial charge in [0.05, 0.1) is 6.10 Å². The molecule has 0 fully saturated rings. The number of aromatic nitrogens is 2. The standard InChI is InChI=1S/C16H20N4O/c1-11(2)21-16-6-15(19-10-20-16)18-7-12-3-4-13-8-17-9-14(13)5-12/h3-6,10-11,17H,7-9H2,1-2H3,(H,18,19,20). The minimum atomic E-state index is 0.108. The van der Waals surface area contributed by atoms with E-state index in [2.05, 4.69) is 38.8 Å². The molecule has 1 aromatic carbocycles. The summed E-state index contributed by atoms with van der Waals surface area (Å²) in [7, 11) is 0. The quantitative estimate of drug-likeness (QED) is 0.883. The van der Waals surface area contributed by atoms with E-state index in [1.807, 2.05) is 19.9 Å². The molecule has 0 atom stereocenters. The zero-order valence-electron chi connectivity index (χ0n) is 12.4. The van der Waals surface area contributed by atoms with Crippen molar-refractivity contribution in [2.24, 2.45) is 0 Å². The van der Waals surface area contributed by atoms with Crippen LogP contribution >= 0.6 is 0 Å². The molecule has 2 heterocycles. The van der Waals surface area contributed by atoms with E-state index in [1.54, 1.807) is 0 Å². The molecule has 0 unspecified atom stereocenters. The van der Waals surface area contributed by atoms with Gasteiger partial charge in [0.2, 0.25) is 5.88 Å². The van der Waals surface area contributed by atoms with Crippen molar-refractivity contribution in [3.63, 3.8) is 0 Å². The molecule has 0 bridgehead atoms. The summed E-state index contributed by atoms with van der Waals surface area (Å²) in [6, 6.07) is 8.43. The number of anilines is 1. The van der Waals surface area contributed by atoms with Crippen molar-refractivity contribution in [2.75, 3.05) is 5.32 Å². The van der Waals surface area contributed by atoms with Crippen LogP contribution in [0.5, 0.6) is 5.88 Å². The first kappa shape index (κ1) is 13.8. The van der Waals surface area contributed by atoms with E-state index in [-0.39, 0.29) is 6.10 Å². The number of fused-ring (bicyclic) bond motifs is 1.